The van der Waals surface area contributed by atoms with Crippen molar-refractivity contribution in [3.63, 3.8) is 0 Å². The van der Waals surface area contributed by atoms with Crippen LogP contribution in [0.25, 0.3) is 32.3 Å². The van der Waals surface area contributed by atoms with Crippen molar-refractivity contribution in [3.05, 3.63) is 228 Å². The van der Waals surface area contributed by atoms with Crippen LogP contribution in [0.15, 0.2) is 194 Å². The van der Waals surface area contributed by atoms with Crippen LogP contribution in [0.1, 0.15) is 154 Å². The van der Waals surface area contributed by atoms with Crippen LogP contribution in [0.2, 0.25) is 0 Å². The molecule has 1 aromatic heterocycles. The molecule has 2 aliphatic carbocycles. The number of hydrogen-bond acceptors (Lipinski definition) is 4. The minimum Gasteiger partial charge on any atom is -0.311 e. The molecule has 0 amide bonds. The number of rotatable bonds is 9. The van der Waals surface area contributed by atoms with Gasteiger partial charge in [0.15, 0.2) is 0 Å². The summed E-state index contributed by atoms with van der Waals surface area (Å²) < 4.78 is 2.78. The molecule has 9 aromatic carbocycles. The summed E-state index contributed by atoms with van der Waals surface area (Å²) in [6.45, 7) is 28.9. The van der Waals surface area contributed by atoms with Crippen LogP contribution < -0.4 is 30.4 Å². The monoisotopic (exact) mass is 1100 g/mol. The van der Waals surface area contributed by atoms with E-state index in [0.29, 0.717) is 11.8 Å². The number of benzene rings is 9. The summed E-state index contributed by atoms with van der Waals surface area (Å²) in [5.74, 6) is 0.934. The van der Waals surface area contributed by atoms with Gasteiger partial charge in [0, 0.05) is 54.7 Å². The van der Waals surface area contributed by atoms with Gasteiger partial charge in [-0.25, -0.2) is 0 Å². The van der Waals surface area contributed by atoms with Crippen LogP contribution in [0.5, 0.6) is 0 Å². The zero-order chi connectivity index (χ0) is 57.5. The van der Waals surface area contributed by atoms with Crippen LogP contribution in [0.4, 0.5) is 51.2 Å². The summed E-state index contributed by atoms with van der Waals surface area (Å²) in [6, 6.07) is 75.3. The smallest absolute Gasteiger partial charge is 0.264 e. The lowest BCUT2D eigenvalue weighted by Gasteiger charge is -2.45. The molecule has 14 rings (SSSR count). The second-order valence-corrected chi connectivity index (χ2v) is 28.9. The molecule has 0 saturated carbocycles. The van der Waals surface area contributed by atoms with Crippen molar-refractivity contribution >= 4 is 95.0 Å². The largest absolute Gasteiger partial charge is 0.311 e. The van der Waals surface area contributed by atoms with Crippen LogP contribution in [0.3, 0.4) is 0 Å². The molecule has 414 valence electrons. The van der Waals surface area contributed by atoms with Gasteiger partial charge in [-0.05, 0) is 205 Å². The van der Waals surface area contributed by atoms with E-state index in [9.17, 15) is 0 Å². The maximum absolute atomic E-state index is 2.74. The van der Waals surface area contributed by atoms with Gasteiger partial charge in [-0.1, -0.05) is 198 Å². The Morgan fingerprint density at radius 1 is 0.410 bits per heavy atom. The van der Waals surface area contributed by atoms with Crippen LogP contribution in [-0.2, 0) is 21.7 Å². The first kappa shape index (κ1) is 53.4. The summed E-state index contributed by atoms with van der Waals surface area (Å²) in [5, 5.41) is 1.36. The van der Waals surface area contributed by atoms with Gasteiger partial charge in [0.25, 0.3) is 6.71 Å². The second-order valence-electron chi connectivity index (χ2n) is 27.9. The molecule has 4 aliphatic rings. The van der Waals surface area contributed by atoms with E-state index in [4.69, 9.17) is 0 Å². The highest BCUT2D eigenvalue weighted by atomic mass is 32.1. The quantitative estimate of drug-likeness (QED) is 0.133. The minimum atomic E-state index is -0.0643. The van der Waals surface area contributed by atoms with E-state index in [1.165, 1.54) is 123 Å². The Morgan fingerprint density at radius 3 is 1.41 bits per heavy atom. The molecule has 0 fully saturated rings. The second kappa shape index (κ2) is 19.5. The molecular formula is C78H78BN3S. The lowest BCUT2D eigenvalue weighted by molar-refractivity contribution is 0.332. The van der Waals surface area contributed by atoms with Crippen molar-refractivity contribution in [2.75, 3.05) is 14.7 Å². The Morgan fingerprint density at radius 2 is 0.867 bits per heavy atom. The minimum absolute atomic E-state index is 0.00818. The molecule has 0 N–H and O–H groups in total. The van der Waals surface area contributed by atoms with Crippen molar-refractivity contribution in [2.24, 2.45) is 0 Å². The van der Waals surface area contributed by atoms with Crippen molar-refractivity contribution in [1.29, 1.82) is 0 Å². The molecule has 0 bridgehead atoms. The SMILES string of the molecule is CC(C)c1ccc(-c2ccc(N3c4ccc(-c5ccc(C(C)C)cc5)cc4B4c5sc6cc7c(cc6c5N(c5ccc6c(c5)C(C)(C)CCC6(C)C)c5cc(N(c6ccccc6)c6ccccc6)cc3c54)C(C)(C)CCC7(C)C)cc2)cc1. The Kier molecular flexibility index (Phi) is 12.5. The van der Waals surface area contributed by atoms with Crippen molar-refractivity contribution in [1.82, 2.24) is 0 Å². The maximum Gasteiger partial charge on any atom is 0.264 e. The van der Waals surface area contributed by atoms with E-state index in [1.807, 2.05) is 11.3 Å². The molecule has 83 heavy (non-hydrogen) atoms. The Hall–Kier alpha value is -7.60. The summed E-state index contributed by atoms with van der Waals surface area (Å²) >= 11 is 2.04. The van der Waals surface area contributed by atoms with Gasteiger partial charge in [0.2, 0.25) is 0 Å². The fourth-order valence-electron chi connectivity index (χ4n) is 14.6. The summed E-state index contributed by atoms with van der Waals surface area (Å²) in [6.07, 6.45) is 4.65. The first-order chi connectivity index (χ1) is 39.8. The van der Waals surface area contributed by atoms with Gasteiger partial charge in [-0.15, -0.1) is 11.3 Å². The molecule has 2 aliphatic heterocycles. The average Bonchev–Trinajstić information content (AvgIpc) is 2.29. The Bertz CT molecular complexity index is 4110. The van der Waals surface area contributed by atoms with Gasteiger partial charge in [0.05, 0.1) is 11.4 Å². The molecule has 5 heteroatoms. The molecular weight excluding hydrogens is 1020 g/mol. The average molecular weight is 1100 g/mol. The van der Waals surface area contributed by atoms with Crippen LogP contribution >= 0.6 is 11.3 Å². The number of thiophene rings is 1. The van der Waals surface area contributed by atoms with E-state index in [2.05, 4.69) is 292 Å². The van der Waals surface area contributed by atoms with Gasteiger partial charge in [-0.3, -0.25) is 0 Å². The van der Waals surface area contributed by atoms with E-state index in [1.54, 1.807) is 0 Å². The van der Waals surface area contributed by atoms with Crippen molar-refractivity contribution < 1.29 is 0 Å². The number of hydrogen-bond donors (Lipinski definition) is 0. The molecule has 0 saturated heterocycles. The fourth-order valence-corrected chi connectivity index (χ4v) is 16.0. The number of nitrogens with zero attached hydrogens (tertiary/aromatic N) is 3. The Labute approximate surface area is 498 Å². The van der Waals surface area contributed by atoms with Gasteiger partial charge in [-0.2, -0.15) is 0 Å². The van der Waals surface area contributed by atoms with Crippen LogP contribution in [0, 0.1) is 0 Å². The fraction of sp³-hybridized carbons (Fsp3) is 0.282. The van der Waals surface area contributed by atoms with Crippen LogP contribution in [-0.4, -0.2) is 6.71 Å². The van der Waals surface area contributed by atoms with E-state index in [-0.39, 0.29) is 28.4 Å². The zero-order valence-corrected chi connectivity index (χ0v) is 51.6. The third kappa shape index (κ3) is 8.81. The molecule has 10 aromatic rings. The molecule has 0 atom stereocenters. The topological polar surface area (TPSA) is 9.72 Å². The van der Waals surface area contributed by atoms with Crippen molar-refractivity contribution in [3.8, 4) is 22.3 Å². The highest BCUT2D eigenvalue weighted by Gasteiger charge is 2.48. The van der Waals surface area contributed by atoms with Gasteiger partial charge in [0.1, 0.15) is 0 Å². The highest BCUT2D eigenvalue weighted by Crippen LogP contribution is 2.55. The normalized spacial score (nSPS) is 16.8. The zero-order valence-electron chi connectivity index (χ0n) is 50.8. The standard InChI is InChI=1S/C78H78BN3S/c1-49(2)51-23-27-53(28-24-51)54-31-34-59(35-32-54)81-68-38-33-56(55-29-25-52(26-30-55)50(3)4)43-67(68)79-72-69(81)45-61(80(57-19-15-13-16-20-57)58-21-17-14-18-22-58)46-70(72)82(60-36-37-63-64(44-60)76(7,8)40-39-75(63,5)6)73-62-47-65-66(48-71(62)83-74(73)79)78(11,12)42-41-77(65,9)10/h13-38,43-50H,39-42H2,1-12H3. The first-order valence-electron chi connectivity index (χ1n) is 30.7. The predicted octanol–water partition coefficient (Wildman–Crippen LogP) is 20.7. The lowest BCUT2D eigenvalue weighted by atomic mass is 9.36. The van der Waals surface area contributed by atoms with E-state index in [0.717, 1.165) is 35.6 Å². The highest BCUT2D eigenvalue weighted by molar-refractivity contribution is 7.33. The summed E-state index contributed by atoms with van der Waals surface area (Å²) in [5.41, 5.74) is 27.1. The van der Waals surface area contributed by atoms with E-state index < -0.39 is 0 Å². The maximum atomic E-state index is 2.74. The molecule has 0 spiro atoms. The summed E-state index contributed by atoms with van der Waals surface area (Å²) in [4.78, 5) is 7.83. The Balaban J connectivity index is 1.11. The lowest BCUT2D eigenvalue weighted by Crippen LogP contribution is -2.60. The molecule has 3 nitrogen and oxygen atoms in total. The van der Waals surface area contributed by atoms with Gasteiger partial charge >= 0.3 is 0 Å². The summed E-state index contributed by atoms with van der Waals surface area (Å²) in [7, 11) is 0. The number of para-hydroxylation sites is 2. The first-order valence-corrected chi connectivity index (χ1v) is 31.5. The molecule has 3 heterocycles. The van der Waals surface area contributed by atoms with Gasteiger partial charge < -0.3 is 14.7 Å². The third-order valence-corrected chi connectivity index (χ3v) is 21.2. The molecule has 0 unspecified atom stereocenters. The number of fused-ring (bicyclic) bond motifs is 8. The third-order valence-electron chi connectivity index (χ3n) is 19.9. The molecule has 0 radical (unpaired) electrons. The number of anilines is 9. The predicted molar refractivity (Wildman–Crippen MR) is 360 cm³/mol. The van der Waals surface area contributed by atoms with E-state index >= 15 is 0 Å². The van der Waals surface area contributed by atoms with Crippen molar-refractivity contribution in [2.45, 2.75) is 142 Å².